The maximum absolute atomic E-state index is 13.0. The van der Waals surface area contributed by atoms with Crippen LogP contribution in [-0.2, 0) is 13.0 Å². The molecule has 0 radical (unpaired) electrons. The molecule has 0 spiro atoms. The van der Waals surface area contributed by atoms with Crippen LogP contribution in [0.2, 0.25) is 0 Å². The number of aromatic nitrogens is 4. The van der Waals surface area contributed by atoms with E-state index in [1.807, 2.05) is 37.3 Å². The number of carbonyl (C=O) groups is 1. The van der Waals surface area contributed by atoms with E-state index in [1.165, 1.54) is 0 Å². The highest BCUT2D eigenvalue weighted by molar-refractivity contribution is 5.94. The van der Waals surface area contributed by atoms with E-state index in [0.29, 0.717) is 48.1 Å². The summed E-state index contributed by atoms with van der Waals surface area (Å²) in [7, 11) is 0. The van der Waals surface area contributed by atoms with Crippen molar-refractivity contribution in [3.8, 4) is 11.4 Å². The van der Waals surface area contributed by atoms with Crippen LogP contribution >= 0.6 is 0 Å². The Morgan fingerprint density at radius 1 is 1.12 bits per heavy atom. The molecule has 4 rings (SSSR count). The first-order valence-corrected chi connectivity index (χ1v) is 8.53. The van der Waals surface area contributed by atoms with Gasteiger partial charge in [-0.3, -0.25) is 9.59 Å². The second kappa shape index (κ2) is 6.25. The zero-order valence-corrected chi connectivity index (χ0v) is 14.7. The van der Waals surface area contributed by atoms with Crippen LogP contribution < -0.4 is 5.56 Å². The second-order valence-electron chi connectivity index (χ2n) is 6.48. The van der Waals surface area contributed by atoms with Crippen LogP contribution in [-0.4, -0.2) is 37.3 Å². The minimum absolute atomic E-state index is 0.109. The highest BCUT2D eigenvalue weighted by Gasteiger charge is 2.27. The van der Waals surface area contributed by atoms with Gasteiger partial charge in [-0.25, -0.2) is 9.97 Å². The molecule has 0 saturated heterocycles. The zero-order chi connectivity index (χ0) is 18.3. The molecule has 1 aliphatic rings. The quantitative estimate of drug-likeness (QED) is 0.739. The molecule has 0 aliphatic carbocycles. The van der Waals surface area contributed by atoms with E-state index in [1.54, 1.807) is 11.8 Å². The molecule has 0 fully saturated rings. The number of nitrogens with zero attached hydrogens (tertiary/aromatic N) is 3. The van der Waals surface area contributed by atoms with Crippen molar-refractivity contribution >= 4 is 5.91 Å². The largest absolute Gasteiger partial charge is 0.341 e. The lowest BCUT2D eigenvalue weighted by atomic mass is 10.1. The minimum Gasteiger partial charge on any atom is -0.341 e. The average Bonchev–Trinajstić information content (AvgIpc) is 3.03. The fourth-order valence-electron chi connectivity index (χ4n) is 3.29. The summed E-state index contributed by atoms with van der Waals surface area (Å²) in [6, 6.07) is 9.70. The molecular weight excluding hydrogens is 330 g/mol. The van der Waals surface area contributed by atoms with Gasteiger partial charge in [-0.15, -0.1) is 0 Å². The number of imidazole rings is 1. The molecule has 26 heavy (non-hydrogen) atoms. The second-order valence-corrected chi connectivity index (χ2v) is 6.48. The van der Waals surface area contributed by atoms with E-state index in [-0.39, 0.29) is 11.5 Å². The predicted octanol–water partition coefficient (Wildman–Crippen LogP) is 1.98. The van der Waals surface area contributed by atoms with Crippen LogP contribution in [0, 0.1) is 13.8 Å². The van der Waals surface area contributed by atoms with E-state index >= 15 is 0 Å². The van der Waals surface area contributed by atoms with Gasteiger partial charge >= 0.3 is 0 Å². The lowest BCUT2D eigenvalue weighted by Gasteiger charge is -2.27. The number of hydrogen-bond donors (Lipinski definition) is 2. The number of fused-ring (bicyclic) bond motifs is 1. The van der Waals surface area contributed by atoms with Crippen molar-refractivity contribution in [2.24, 2.45) is 0 Å². The van der Waals surface area contributed by atoms with Crippen molar-refractivity contribution < 1.29 is 4.79 Å². The monoisotopic (exact) mass is 349 g/mol. The first-order chi connectivity index (χ1) is 12.5. The Morgan fingerprint density at radius 3 is 2.65 bits per heavy atom. The third kappa shape index (κ3) is 2.81. The predicted molar refractivity (Wildman–Crippen MR) is 96.8 cm³/mol. The molecule has 1 amide bonds. The topological polar surface area (TPSA) is 94.7 Å². The van der Waals surface area contributed by atoms with Crippen molar-refractivity contribution in [3.05, 3.63) is 69.2 Å². The van der Waals surface area contributed by atoms with Crippen molar-refractivity contribution in [3.63, 3.8) is 0 Å². The molecule has 1 aromatic carbocycles. The number of hydrogen-bond acceptors (Lipinski definition) is 4. The maximum atomic E-state index is 13.0. The summed E-state index contributed by atoms with van der Waals surface area (Å²) in [5.74, 6) is 1.09. The molecule has 3 aromatic rings. The molecule has 2 aromatic heterocycles. The summed E-state index contributed by atoms with van der Waals surface area (Å²) in [5.41, 5.74) is 3.30. The van der Waals surface area contributed by atoms with E-state index in [4.69, 9.17) is 0 Å². The van der Waals surface area contributed by atoms with Gasteiger partial charge < -0.3 is 14.9 Å². The smallest absolute Gasteiger partial charge is 0.274 e. The Balaban J connectivity index is 1.63. The van der Waals surface area contributed by atoms with Gasteiger partial charge in [-0.1, -0.05) is 30.3 Å². The van der Waals surface area contributed by atoms with Gasteiger partial charge in [0.1, 0.15) is 17.3 Å². The zero-order valence-electron chi connectivity index (χ0n) is 14.7. The van der Waals surface area contributed by atoms with Gasteiger partial charge in [0.2, 0.25) is 0 Å². The molecule has 3 heterocycles. The third-order valence-corrected chi connectivity index (χ3v) is 4.61. The van der Waals surface area contributed by atoms with Gasteiger partial charge in [-0.05, 0) is 20.3 Å². The van der Waals surface area contributed by atoms with Crippen molar-refractivity contribution in [1.82, 2.24) is 24.8 Å². The molecular formula is C19H19N5O2. The van der Waals surface area contributed by atoms with Crippen molar-refractivity contribution in [1.29, 1.82) is 0 Å². The number of rotatable bonds is 2. The molecule has 0 unspecified atom stereocenters. The fourth-order valence-corrected chi connectivity index (χ4v) is 3.29. The van der Waals surface area contributed by atoms with Crippen molar-refractivity contribution in [2.75, 3.05) is 6.54 Å². The van der Waals surface area contributed by atoms with Crippen LogP contribution in [0.4, 0.5) is 0 Å². The Kier molecular flexibility index (Phi) is 3.91. The minimum atomic E-state index is -0.147. The summed E-state index contributed by atoms with van der Waals surface area (Å²) >= 11 is 0. The van der Waals surface area contributed by atoms with Gasteiger partial charge in [-0.2, -0.15) is 0 Å². The molecule has 7 heteroatoms. The Labute approximate surface area is 150 Å². The Hall–Kier alpha value is -3.22. The van der Waals surface area contributed by atoms with Crippen LogP contribution in [0.1, 0.15) is 33.3 Å². The first kappa shape index (κ1) is 16.3. The number of amides is 1. The van der Waals surface area contributed by atoms with Crippen molar-refractivity contribution in [2.45, 2.75) is 26.8 Å². The fraction of sp³-hybridized carbons (Fsp3) is 0.263. The summed E-state index contributed by atoms with van der Waals surface area (Å²) in [4.78, 5) is 41.5. The molecule has 0 saturated carbocycles. The van der Waals surface area contributed by atoms with Crippen LogP contribution in [0.15, 0.2) is 35.1 Å². The molecule has 132 valence electrons. The highest BCUT2D eigenvalue weighted by atomic mass is 16.2. The average molecular weight is 349 g/mol. The standard InChI is InChI=1S/C19H19N5O2/c1-11-16(23-17(20-11)13-6-4-3-5-7-13)19(26)24-9-8-14-15(10-24)21-12(2)22-18(14)25/h3-7H,8-10H2,1-2H3,(H,20,23)(H,21,22,25). The number of nitrogens with one attached hydrogen (secondary N) is 2. The van der Waals surface area contributed by atoms with Gasteiger partial charge in [0, 0.05) is 23.4 Å². The SMILES string of the molecule is Cc1nc2c(c(=O)[nH]1)CCN(C(=O)c1nc(-c3ccccc3)[nH]c1C)C2. The number of carbonyl (C=O) groups excluding carboxylic acids is 1. The van der Waals surface area contributed by atoms with Gasteiger partial charge in [0.05, 0.1) is 12.2 Å². The first-order valence-electron chi connectivity index (χ1n) is 8.53. The van der Waals surface area contributed by atoms with Gasteiger partial charge in [0.15, 0.2) is 0 Å². The Bertz CT molecular complexity index is 1040. The summed E-state index contributed by atoms with van der Waals surface area (Å²) in [5, 5.41) is 0. The number of aryl methyl sites for hydroxylation is 2. The lowest BCUT2D eigenvalue weighted by molar-refractivity contribution is 0.0725. The van der Waals surface area contributed by atoms with E-state index < -0.39 is 0 Å². The summed E-state index contributed by atoms with van der Waals surface area (Å²) in [6.07, 6.45) is 0.499. The number of benzene rings is 1. The van der Waals surface area contributed by atoms with Crippen LogP contribution in [0.25, 0.3) is 11.4 Å². The van der Waals surface area contributed by atoms with E-state index in [2.05, 4.69) is 19.9 Å². The number of H-pyrrole nitrogens is 2. The highest BCUT2D eigenvalue weighted by Crippen LogP contribution is 2.21. The normalized spacial score (nSPS) is 13.5. The van der Waals surface area contributed by atoms with Gasteiger partial charge in [0.25, 0.3) is 11.5 Å². The number of aromatic amines is 2. The third-order valence-electron chi connectivity index (χ3n) is 4.61. The molecule has 0 atom stereocenters. The molecule has 2 N–H and O–H groups in total. The molecule has 1 aliphatic heterocycles. The van der Waals surface area contributed by atoms with Crippen LogP contribution in [0.5, 0.6) is 0 Å². The van der Waals surface area contributed by atoms with Crippen LogP contribution in [0.3, 0.4) is 0 Å². The van der Waals surface area contributed by atoms with E-state index in [9.17, 15) is 9.59 Å². The maximum Gasteiger partial charge on any atom is 0.274 e. The molecule has 0 bridgehead atoms. The Morgan fingerprint density at radius 2 is 1.88 bits per heavy atom. The molecule has 7 nitrogen and oxygen atoms in total. The summed E-state index contributed by atoms with van der Waals surface area (Å²) in [6.45, 7) is 4.39. The summed E-state index contributed by atoms with van der Waals surface area (Å²) < 4.78 is 0. The lowest BCUT2D eigenvalue weighted by Crippen LogP contribution is -2.39. The van der Waals surface area contributed by atoms with E-state index in [0.717, 1.165) is 11.3 Å².